The van der Waals surface area contributed by atoms with Gasteiger partial charge >= 0.3 is 5.97 Å². The number of unbranched alkanes of at least 4 members (excludes halogenated alkanes) is 2. The van der Waals surface area contributed by atoms with E-state index in [1.54, 1.807) is 19.1 Å². The first-order valence-corrected chi connectivity index (χ1v) is 11.7. The fraction of sp³-hybridized carbons (Fsp3) is 0.367. The van der Waals surface area contributed by atoms with Crippen LogP contribution in [0.25, 0.3) is 15.8 Å². The monoisotopic (exact) mass is 460 g/mol. The van der Waals surface area contributed by atoms with Gasteiger partial charge < -0.3 is 14.4 Å². The molecule has 0 saturated carbocycles. The Balaban J connectivity index is 0. The van der Waals surface area contributed by atoms with E-state index in [4.69, 9.17) is 17.9 Å². The summed E-state index contributed by atoms with van der Waals surface area (Å²) in [4.78, 5) is 17.8. The zero-order valence-corrected chi connectivity index (χ0v) is 21.2. The van der Waals surface area contributed by atoms with E-state index in [-0.39, 0.29) is 5.97 Å². The molecule has 0 spiro atoms. The third-order valence-electron chi connectivity index (χ3n) is 3.94. The van der Waals surface area contributed by atoms with Gasteiger partial charge in [-0.2, -0.15) is 0 Å². The molecule has 0 aliphatic carbocycles. The van der Waals surface area contributed by atoms with E-state index in [1.165, 1.54) is 0 Å². The van der Waals surface area contributed by atoms with Crippen LogP contribution in [0, 0.1) is 13.1 Å². The Labute approximate surface area is 207 Å². The summed E-state index contributed by atoms with van der Waals surface area (Å²) in [5.74, 6) is -0.264. The number of benzene rings is 1. The zero-order valence-electron chi connectivity index (χ0n) is 21.2. The van der Waals surface area contributed by atoms with Gasteiger partial charge in [-0.3, -0.25) is 0 Å². The van der Waals surface area contributed by atoms with Gasteiger partial charge in [-0.05, 0) is 58.2 Å². The predicted octanol–water partition coefficient (Wildman–Crippen LogP) is 8.53. The Kier molecular flexibility index (Phi) is 26.2. The summed E-state index contributed by atoms with van der Waals surface area (Å²) in [5, 5.41) is 0. The van der Waals surface area contributed by atoms with E-state index in [2.05, 4.69) is 21.8 Å². The van der Waals surface area contributed by atoms with Crippen molar-refractivity contribution in [3.63, 3.8) is 0 Å². The highest BCUT2D eigenvalue weighted by molar-refractivity contribution is 5.89. The average molecular weight is 461 g/mol. The van der Waals surface area contributed by atoms with Crippen LogP contribution in [0.2, 0.25) is 0 Å². The van der Waals surface area contributed by atoms with E-state index in [0.29, 0.717) is 25.3 Å². The molecule has 0 amide bonds. The molecule has 0 aliphatic rings. The quantitative estimate of drug-likeness (QED) is 0.143. The van der Waals surface area contributed by atoms with Crippen LogP contribution in [0.1, 0.15) is 69.3 Å². The molecule has 0 aromatic heterocycles. The van der Waals surface area contributed by atoms with Crippen molar-refractivity contribution in [1.29, 1.82) is 0 Å². The van der Waals surface area contributed by atoms with Crippen molar-refractivity contribution in [2.45, 2.75) is 53.4 Å². The minimum Gasteiger partial charge on any atom is -0.462 e. The number of hydrogen-bond acceptors (Lipinski definition) is 2. The van der Waals surface area contributed by atoms with Gasteiger partial charge in [0.15, 0.2) is 0 Å². The maximum atomic E-state index is 11.3. The summed E-state index contributed by atoms with van der Waals surface area (Å²) in [6.07, 6.45) is 24.1. The molecule has 1 aromatic carbocycles. The number of allylic oxidation sites excluding steroid dienone is 9. The Morgan fingerprint density at radius 3 is 1.71 bits per heavy atom. The second kappa shape index (κ2) is 27.4. The number of nitrogens with zero attached hydrogens (tertiary/aromatic N) is 2. The smallest absolute Gasteiger partial charge is 0.338 e. The van der Waals surface area contributed by atoms with Crippen molar-refractivity contribution < 1.29 is 9.53 Å². The highest BCUT2D eigenvalue weighted by Crippen LogP contribution is 2.07. The lowest BCUT2D eigenvalue weighted by atomic mass is 10.1. The third-order valence-corrected chi connectivity index (χ3v) is 3.94. The van der Waals surface area contributed by atoms with Gasteiger partial charge in [-0.25, -0.2) is 17.9 Å². The Morgan fingerprint density at radius 1 is 0.824 bits per heavy atom. The predicted molar refractivity (Wildman–Crippen MR) is 146 cm³/mol. The number of esters is 1. The summed E-state index contributed by atoms with van der Waals surface area (Å²) in [5.41, 5.74) is 1.68. The lowest BCUT2D eigenvalue weighted by Crippen LogP contribution is -2.03. The number of rotatable bonds is 11. The van der Waals surface area contributed by atoms with Crippen LogP contribution in [-0.4, -0.2) is 25.7 Å². The number of carbonyl (C=O) groups excluding carboxylic acids is 1. The lowest BCUT2D eigenvalue weighted by Gasteiger charge is -2.01. The molecule has 4 heteroatoms. The molecular weight excluding hydrogens is 420 g/mol. The van der Waals surface area contributed by atoms with Crippen molar-refractivity contribution in [3.05, 3.63) is 113 Å². The molecule has 182 valence electrons. The van der Waals surface area contributed by atoms with Crippen LogP contribution < -0.4 is 0 Å². The molecular formula is C30H40N2O2. The van der Waals surface area contributed by atoms with Crippen LogP contribution >= 0.6 is 0 Å². The van der Waals surface area contributed by atoms with Crippen LogP contribution in [0.15, 0.2) is 78.9 Å². The van der Waals surface area contributed by atoms with E-state index in [0.717, 1.165) is 31.2 Å². The first kappa shape index (κ1) is 32.5. The maximum absolute atomic E-state index is 11.3. The minimum absolute atomic E-state index is 0.264. The molecule has 0 aliphatic heterocycles. The van der Waals surface area contributed by atoms with Crippen molar-refractivity contribution >= 4 is 12.0 Å². The molecule has 34 heavy (non-hydrogen) atoms. The van der Waals surface area contributed by atoms with Gasteiger partial charge in [0.1, 0.15) is 0 Å². The van der Waals surface area contributed by atoms with Crippen LogP contribution in [0.5, 0.6) is 0 Å². The van der Waals surface area contributed by atoms with Gasteiger partial charge in [0, 0.05) is 12.8 Å². The molecule has 0 bridgehead atoms. The first-order valence-electron chi connectivity index (χ1n) is 11.7. The highest BCUT2D eigenvalue weighted by atomic mass is 16.5. The SMILES string of the molecule is C/C=C\c1ccc(C(=O)OCC)cc1.[C-]#[N+]CCC/C=C/C=C/C.[C-]#[N+]CCC/C=C/C=C\C. The molecule has 0 saturated heterocycles. The molecule has 4 nitrogen and oxygen atoms in total. The van der Waals surface area contributed by atoms with Gasteiger partial charge in [0.25, 0.3) is 0 Å². The van der Waals surface area contributed by atoms with Crippen LogP contribution in [0.3, 0.4) is 0 Å². The van der Waals surface area contributed by atoms with E-state index >= 15 is 0 Å². The average Bonchev–Trinajstić information content (AvgIpc) is 2.85. The second-order valence-corrected chi connectivity index (χ2v) is 6.80. The van der Waals surface area contributed by atoms with Crippen molar-refractivity contribution in [3.8, 4) is 0 Å². The third kappa shape index (κ3) is 23.0. The molecule has 0 atom stereocenters. The number of hydrogen-bond donors (Lipinski definition) is 0. The summed E-state index contributed by atoms with van der Waals surface area (Å²) in [7, 11) is 0. The van der Waals surface area contributed by atoms with Crippen LogP contribution in [0.4, 0.5) is 0 Å². The first-order chi connectivity index (χ1) is 16.6. The molecule has 0 unspecified atom stereocenters. The van der Waals surface area contributed by atoms with Crippen molar-refractivity contribution in [2.75, 3.05) is 19.7 Å². The Morgan fingerprint density at radius 2 is 1.32 bits per heavy atom. The fourth-order valence-electron chi connectivity index (χ4n) is 2.29. The molecule has 1 rings (SSSR count). The van der Waals surface area contributed by atoms with Gasteiger partial charge in [0.2, 0.25) is 13.1 Å². The summed E-state index contributed by atoms with van der Waals surface area (Å²) in [6.45, 7) is 22.5. The fourth-order valence-corrected chi connectivity index (χ4v) is 2.29. The van der Waals surface area contributed by atoms with Crippen molar-refractivity contribution in [2.24, 2.45) is 0 Å². The normalized spacial score (nSPS) is 10.6. The molecule has 0 fully saturated rings. The summed E-state index contributed by atoms with van der Waals surface area (Å²) < 4.78 is 4.87. The van der Waals surface area contributed by atoms with Crippen molar-refractivity contribution in [1.82, 2.24) is 0 Å². The Bertz CT molecular complexity index is 807. The summed E-state index contributed by atoms with van der Waals surface area (Å²) in [6, 6.07) is 7.33. The number of carbonyl (C=O) groups is 1. The second-order valence-electron chi connectivity index (χ2n) is 6.80. The molecule has 0 radical (unpaired) electrons. The highest BCUT2D eigenvalue weighted by Gasteiger charge is 2.04. The Hall–Kier alpha value is -3.63. The van der Waals surface area contributed by atoms with E-state index < -0.39 is 0 Å². The summed E-state index contributed by atoms with van der Waals surface area (Å²) >= 11 is 0. The van der Waals surface area contributed by atoms with Gasteiger partial charge in [0.05, 0.1) is 12.2 Å². The lowest BCUT2D eigenvalue weighted by molar-refractivity contribution is 0.0526. The van der Waals surface area contributed by atoms with Gasteiger partial charge in [-0.1, -0.05) is 72.9 Å². The van der Waals surface area contributed by atoms with E-state index in [1.807, 2.05) is 81.5 Å². The van der Waals surface area contributed by atoms with Gasteiger partial charge in [-0.15, -0.1) is 0 Å². The van der Waals surface area contributed by atoms with E-state index in [9.17, 15) is 4.79 Å². The largest absolute Gasteiger partial charge is 0.462 e. The van der Waals surface area contributed by atoms with Crippen LogP contribution in [-0.2, 0) is 4.74 Å². The molecule has 0 N–H and O–H groups in total. The standard InChI is InChI=1S/C12H14O2.2C9H13N/c1-3-5-10-6-8-11(9-7-10)12(13)14-4-2;2*1-3-4-5-6-7-8-9-10-2/h3,5-9H,4H2,1-2H3;2*3-6H,7-9H2,1H3/b5-3-;4-3+,6-5+;4-3-,6-5+. The maximum Gasteiger partial charge on any atom is 0.338 e. The number of ether oxygens (including phenoxy) is 1. The zero-order chi connectivity index (χ0) is 25.7. The molecule has 1 aromatic rings. The topological polar surface area (TPSA) is 35.0 Å². The minimum atomic E-state index is -0.264. The molecule has 0 heterocycles.